The van der Waals surface area contributed by atoms with Crippen LogP contribution in [0.3, 0.4) is 0 Å². The maximum absolute atomic E-state index is 11.1. The van der Waals surface area contributed by atoms with E-state index >= 15 is 0 Å². The Hall–Kier alpha value is -0.770. The molecule has 0 bridgehead atoms. The largest absolute Gasteiger partial charge is 0.355 e. The Balaban J connectivity index is 2.40. The van der Waals surface area contributed by atoms with E-state index in [9.17, 15) is 4.79 Å². The molecule has 0 aromatic heterocycles. The van der Waals surface area contributed by atoms with Crippen LogP contribution in [-0.4, -0.2) is 26.0 Å². The molecule has 0 atom stereocenters. The molecule has 88 valence electrons. The molecule has 0 saturated heterocycles. The number of benzene rings is 1. The molecule has 0 saturated carbocycles. The van der Waals surface area contributed by atoms with Crippen LogP contribution in [-0.2, 0) is 11.2 Å². The molecule has 0 spiro atoms. The van der Waals surface area contributed by atoms with Gasteiger partial charge in [0.1, 0.15) is 0 Å². The first-order valence-corrected chi connectivity index (χ1v) is 5.73. The van der Waals surface area contributed by atoms with Crippen LogP contribution in [0.4, 0.5) is 0 Å². The van der Waals surface area contributed by atoms with E-state index in [1.54, 1.807) is 13.1 Å². The number of carbonyl (C=O) groups is 1. The highest BCUT2D eigenvalue weighted by molar-refractivity contribution is 6.34. The standard InChI is InChI=1S/C11H14Cl2N2O/c1-14-7-11(16)15-3-2-8-4-9(12)6-10(13)5-8/h4-6,14H,2-3,7H2,1H3,(H,15,16). The van der Waals surface area contributed by atoms with Gasteiger partial charge in [0.15, 0.2) is 0 Å². The van der Waals surface area contributed by atoms with Gasteiger partial charge in [-0.05, 0) is 37.2 Å². The highest BCUT2D eigenvalue weighted by Crippen LogP contribution is 2.19. The minimum Gasteiger partial charge on any atom is -0.355 e. The third-order valence-electron chi connectivity index (χ3n) is 2.00. The molecule has 0 aliphatic heterocycles. The second-order valence-corrected chi connectivity index (χ2v) is 4.28. The summed E-state index contributed by atoms with van der Waals surface area (Å²) in [5.74, 6) is -0.0179. The topological polar surface area (TPSA) is 41.1 Å². The van der Waals surface area contributed by atoms with Crippen LogP contribution in [0, 0.1) is 0 Å². The normalized spacial score (nSPS) is 10.2. The van der Waals surface area contributed by atoms with Gasteiger partial charge in [0.05, 0.1) is 6.54 Å². The third-order valence-corrected chi connectivity index (χ3v) is 2.43. The Labute approximate surface area is 105 Å². The van der Waals surface area contributed by atoms with Gasteiger partial charge >= 0.3 is 0 Å². The maximum atomic E-state index is 11.1. The molecule has 0 heterocycles. The third kappa shape index (κ3) is 4.84. The summed E-state index contributed by atoms with van der Waals surface area (Å²) >= 11 is 11.7. The van der Waals surface area contributed by atoms with Crippen LogP contribution in [0.1, 0.15) is 5.56 Å². The summed E-state index contributed by atoms with van der Waals surface area (Å²) in [6.45, 7) is 0.910. The predicted octanol–water partition coefficient (Wildman–Crippen LogP) is 1.87. The van der Waals surface area contributed by atoms with E-state index in [1.807, 2.05) is 12.1 Å². The summed E-state index contributed by atoms with van der Waals surface area (Å²) in [5.41, 5.74) is 1.02. The average molecular weight is 261 g/mol. The minimum absolute atomic E-state index is 0.0179. The summed E-state index contributed by atoms with van der Waals surface area (Å²) in [6, 6.07) is 5.38. The van der Waals surface area contributed by atoms with Crippen LogP contribution >= 0.6 is 23.2 Å². The molecule has 1 aromatic carbocycles. The van der Waals surface area contributed by atoms with Crippen LogP contribution in [0.15, 0.2) is 18.2 Å². The Morgan fingerprint density at radius 2 is 1.88 bits per heavy atom. The first-order valence-electron chi connectivity index (χ1n) is 4.98. The number of carbonyl (C=O) groups excluding carboxylic acids is 1. The number of hydrogen-bond donors (Lipinski definition) is 2. The monoisotopic (exact) mass is 260 g/mol. The van der Waals surface area contributed by atoms with Crippen molar-refractivity contribution in [2.24, 2.45) is 0 Å². The van der Waals surface area contributed by atoms with Gasteiger partial charge in [-0.25, -0.2) is 0 Å². The van der Waals surface area contributed by atoms with Crippen molar-refractivity contribution in [1.29, 1.82) is 0 Å². The van der Waals surface area contributed by atoms with Crippen molar-refractivity contribution >= 4 is 29.1 Å². The molecule has 1 aromatic rings. The Kier molecular flexibility index (Phi) is 5.60. The number of likely N-dealkylation sites (N-methyl/N-ethyl adjacent to an activating group) is 1. The van der Waals surface area contributed by atoms with Gasteiger partial charge < -0.3 is 10.6 Å². The van der Waals surface area contributed by atoms with Crippen molar-refractivity contribution < 1.29 is 4.79 Å². The Morgan fingerprint density at radius 1 is 1.25 bits per heavy atom. The van der Waals surface area contributed by atoms with E-state index in [-0.39, 0.29) is 5.91 Å². The second-order valence-electron chi connectivity index (χ2n) is 3.41. The van der Waals surface area contributed by atoms with E-state index in [0.29, 0.717) is 23.1 Å². The number of halogens is 2. The van der Waals surface area contributed by atoms with Gasteiger partial charge in [-0.1, -0.05) is 23.2 Å². The zero-order chi connectivity index (χ0) is 12.0. The summed E-state index contributed by atoms with van der Waals surface area (Å²) < 4.78 is 0. The zero-order valence-electron chi connectivity index (χ0n) is 9.02. The van der Waals surface area contributed by atoms with Gasteiger partial charge in [-0.2, -0.15) is 0 Å². The van der Waals surface area contributed by atoms with Gasteiger partial charge in [-0.3, -0.25) is 4.79 Å². The van der Waals surface area contributed by atoms with Gasteiger partial charge in [0.25, 0.3) is 0 Å². The lowest BCUT2D eigenvalue weighted by Crippen LogP contribution is -2.33. The van der Waals surface area contributed by atoms with Gasteiger partial charge in [-0.15, -0.1) is 0 Å². The molecule has 3 nitrogen and oxygen atoms in total. The van der Waals surface area contributed by atoms with E-state index in [0.717, 1.165) is 12.0 Å². The summed E-state index contributed by atoms with van der Waals surface area (Å²) in [6.07, 6.45) is 0.718. The quantitative estimate of drug-likeness (QED) is 0.849. The molecule has 0 unspecified atom stereocenters. The molecule has 1 rings (SSSR count). The Bertz CT molecular complexity index is 349. The van der Waals surface area contributed by atoms with Crippen molar-refractivity contribution in [3.63, 3.8) is 0 Å². The highest BCUT2D eigenvalue weighted by Gasteiger charge is 2.00. The highest BCUT2D eigenvalue weighted by atomic mass is 35.5. The fraction of sp³-hybridized carbons (Fsp3) is 0.364. The number of nitrogens with one attached hydrogen (secondary N) is 2. The van der Waals surface area contributed by atoms with E-state index in [4.69, 9.17) is 23.2 Å². The lowest BCUT2D eigenvalue weighted by Gasteiger charge is -2.05. The van der Waals surface area contributed by atoms with E-state index < -0.39 is 0 Å². The van der Waals surface area contributed by atoms with Crippen molar-refractivity contribution in [2.75, 3.05) is 20.1 Å². The number of rotatable bonds is 5. The molecular formula is C11H14Cl2N2O. The van der Waals surface area contributed by atoms with Crippen molar-refractivity contribution in [3.8, 4) is 0 Å². The Morgan fingerprint density at radius 3 is 2.44 bits per heavy atom. The van der Waals surface area contributed by atoms with Gasteiger partial charge in [0.2, 0.25) is 5.91 Å². The fourth-order valence-corrected chi connectivity index (χ4v) is 1.90. The zero-order valence-corrected chi connectivity index (χ0v) is 10.5. The SMILES string of the molecule is CNCC(=O)NCCc1cc(Cl)cc(Cl)c1. The molecule has 1 amide bonds. The molecule has 16 heavy (non-hydrogen) atoms. The molecular weight excluding hydrogens is 247 g/mol. The smallest absolute Gasteiger partial charge is 0.233 e. The second kappa shape index (κ2) is 6.74. The molecule has 0 radical (unpaired) electrons. The summed E-state index contributed by atoms with van der Waals surface area (Å²) in [4.78, 5) is 11.1. The van der Waals surface area contributed by atoms with Crippen molar-refractivity contribution in [3.05, 3.63) is 33.8 Å². The van der Waals surface area contributed by atoms with Crippen molar-refractivity contribution in [2.45, 2.75) is 6.42 Å². The lowest BCUT2D eigenvalue weighted by molar-refractivity contribution is -0.120. The van der Waals surface area contributed by atoms with E-state index in [2.05, 4.69) is 10.6 Å². The first kappa shape index (κ1) is 13.3. The first-order chi connectivity index (χ1) is 7.61. The lowest BCUT2D eigenvalue weighted by atomic mass is 10.1. The van der Waals surface area contributed by atoms with E-state index in [1.165, 1.54) is 0 Å². The molecule has 2 N–H and O–H groups in total. The summed E-state index contributed by atoms with van der Waals surface area (Å²) in [5, 5.41) is 6.79. The fourth-order valence-electron chi connectivity index (χ4n) is 1.32. The van der Waals surface area contributed by atoms with Crippen LogP contribution in [0.2, 0.25) is 10.0 Å². The molecule has 0 fully saturated rings. The maximum Gasteiger partial charge on any atom is 0.233 e. The molecule has 0 aliphatic rings. The predicted molar refractivity (Wildman–Crippen MR) is 67.1 cm³/mol. The molecule has 5 heteroatoms. The number of hydrogen-bond acceptors (Lipinski definition) is 2. The van der Waals surface area contributed by atoms with Gasteiger partial charge in [0, 0.05) is 16.6 Å². The molecule has 0 aliphatic carbocycles. The van der Waals surface area contributed by atoms with Crippen LogP contribution in [0.25, 0.3) is 0 Å². The van der Waals surface area contributed by atoms with Crippen LogP contribution in [0.5, 0.6) is 0 Å². The van der Waals surface area contributed by atoms with Crippen LogP contribution < -0.4 is 10.6 Å². The minimum atomic E-state index is -0.0179. The average Bonchev–Trinajstić information content (AvgIpc) is 2.16. The summed E-state index contributed by atoms with van der Waals surface area (Å²) in [7, 11) is 1.73. The number of amides is 1. The van der Waals surface area contributed by atoms with Crippen molar-refractivity contribution in [1.82, 2.24) is 10.6 Å².